The molecule has 1 saturated heterocycles. The molecule has 2 aromatic rings. The van der Waals surface area contributed by atoms with Crippen LogP contribution >= 0.6 is 0 Å². The van der Waals surface area contributed by atoms with E-state index in [1.165, 1.54) is 23.1 Å². The fourth-order valence-corrected chi connectivity index (χ4v) is 2.53. The molecule has 9 heteroatoms. The number of carbonyl (C=O) groups is 2. The van der Waals surface area contributed by atoms with Crippen molar-refractivity contribution in [2.75, 3.05) is 30.0 Å². The first-order valence-corrected chi connectivity index (χ1v) is 7.97. The molecule has 0 bridgehead atoms. The number of anilines is 2. The number of para-hydroxylation sites is 1. The summed E-state index contributed by atoms with van der Waals surface area (Å²) in [7, 11) is 0. The molecular formula is C18H15F3N2O4. The van der Waals surface area contributed by atoms with Crippen molar-refractivity contribution in [3.05, 3.63) is 54.1 Å². The Balaban J connectivity index is 1.86. The number of ether oxygens (including phenoxy) is 2. The van der Waals surface area contributed by atoms with Crippen molar-refractivity contribution >= 4 is 23.4 Å². The normalized spacial score (nSPS) is 14.8. The van der Waals surface area contributed by atoms with Crippen molar-refractivity contribution in [1.82, 2.24) is 0 Å². The Morgan fingerprint density at radius 1 is 1.15 bits per heavy atom. The molecule has 1 aliphatic heterocycles. The van der Waals surface area contributed by atoms with Crippen LogP contribution in [-0.4, -0.2) is 31.8 Å². The lowest BCUT2D eigenvalue weighted by Gasteiger charge is -2.28. The molecule has 2 amide bonds. The van der Waals surface area contributed by atoms with Crippen molar-refractivity contribution < 1.29 is 32.2 Å². The maximum atomic E-state index is 13.2. The number of nitrogens with one attached hydrogen (secondary N) is 1. The Bertz CT molecular complexity index is 840. The van der Waals surface area contributed by atoms with Crippen molar-refractivity contribution in [2.45, 2.75) is 6.18 Å². The fraction of sp³-hybridized carbons (Fsp3) is 0.222. The van der Waals surface area contributed by atoms with Gasteiger partial charge in [-0.2, -0.15) is 13.2 Å². The molecule has 6 nitrogen and oxygen atoms in total. The van der Waals surface area contributed by atoms with E-state index in [1.807, 2.05) is 0 Å². The minimum absolute atomic E-state index is 0.0214. The quantitative estimate of drug-likeness (QED) is 0.882. The third-order valence-electron chi connectivity index (χ3n) is 3.74. The van der Waals surface area contributed by atoms with E-state index in [0.29, 0.717) is 0 Å². The number of carbonyl (C=O) groups excluding carboxylic acids is 2. The van der Waals surface area contributed by atoms with Gasteiger partial charge >= 0.3 is 12.3 Å². The lowest BCUT2D eigenvalue weighted by molar-refractivity contribution is -0.137. The van der Waals surface area contributed by atoms with E-state index in [0.717, 1.165) is 12.1 Å². The molecule has 27 heavy (non-hydrogen) atoms. The minimum atomic E-state index is -4.65. The van der Waals surface area contributed by atoms with E-state index in [9.17, 15) is 22.8 Å². The van der Waals surface area contributed by atoms with E-state index >= 15 is 0 Å². The monoisotopic (exact) mass is 380 g/mol. The van der Waals surface area contributed by atoms with Gasteiger partial charge in [0.15, 0.2) is 0 Å². The Morgan fingerprint density at radius 2 is 1.89 bits per heavy atom. The molecule has 1 N–H and O–H groups in total. The average molecular weight is 380 g/mol. The number of alkyl halides is 3. The van der Waals surface area contributed by atoms with Crippen LogP contribution in [0.1, 0.15) is 5.56 Å². The largest absolute Gasteiger partial charge is 0.417 e. The zero-order valence-corrected chi connectivity index (χ0v) is 14.0. The molecule has 0 spiro atoms. The first-order valence-electron chi connectivity index (χ1n) is 7.97. The number of hydrogen-bond donors (Lipinski definition) is 1. The highest BCUT2D eigenvalue weighted by Crippen LogP contribution is 2.35. The van der Waals surface area contributed by atoms with E-state index in [1.54, 1.807) is 18.2 Å². The maximum Gasteiger partial charge on any atom is 0.417 e. The van der Waals surface area contributed by atoms with Gasteiger partial charge in [0.1, 0.15) is 12.4 Å². The summed E-state index contributed by atoms with van der Waals surface area (Å²) in [5.74, 6) is -0.219. The van der Waals surface area contributed by atoms with Crippen LogP contribution in [0.3, 0.4) is 0 Å². The molecule has 0 unspecified atom stereocenters. The van der Waals surface area contributed by atoms with Crippen LogP contribution < -0.4 is 15.0 Å². The van der Waals surface area contributed by atoms with Gasteiger partial charge < -0.3 is 14.4 Å². The second kappa shape index (κ2) is 7.67. The van der Waals surface area contributed by atoms with Crippen LogP contribution in [0.2, 0.25) is 0 Å². The van der Waals surface area contributed by atoms with Crippen molar-refractivity contribution in [2.24, 2.45) is 0 Å². The SMILES string of the molecule is O=C(Nc1cc(N2CCOCC2=O)cc(C(F)(F)F)c1)Oc1ccccc1. The van der Waals surface area contributed by atoms with Crippen LogP contribution in [0.5, 0.6) is 5.75 Å². The Morgan fingerprint density at radius 3 is 2.56 bits per heavy atom. The molecule has 1 aliphatic rings. The molecule has 3 rings (SSSR count). The molecule has 0 radical (unpaired) electrons. The lowest BCUT2D eigenvalue weighted by Crippen LogP contribution is -2.41. The van der Waals surface area contributed by atoms with Gasteiger partial charge in [0.25, 0.3) is 5.91 Å². The average Bonchev–Trinajstić information content (AvgIpc) is 2.62. The highest BCUT2D eigenvalue weighted by molar-refractivity contribution is 5.96. The minimum Gasteiger partial charge on any atom is -0.410 e. The van der Waals surface area contributed by atoms with Gasteiger partial charge in [0, 0.05) is 17.9 Å². The number of morpholine rings is 1. The molecule has 2 aromatic carbocycles. The Kier molecular flexibility index (Phi) is 5.31. The molecule has 1 heterocycles. The third kappa shape index (κ3) is 4.76. The number of benzene rings is 2. The van der Waals surface area contributed by atoms with Crippen LogP contribution in [0, 0.1) is 0 Å². The molecule has 1 fully saturated rings. The van der Waals surface area contributed by atoms with Crippen LogP contribution in [-0.2, 0) is 15.7 Å². The van der Waals surface area contributed by atoms with Gasteiger partial charge in [-0.05, 0) is 30.3 Å². The van der Waals surface area contributed by atoms with Crippen molar-refractivity contribution in [1.29, 1.82) is 0 Å². The van der Waals surface area contributed by atoms with Gasteiger partial charge in [-0.15, -0.1) is 0 Å². The van der Waals surface area contributed by atoms with Gasteiger partial charge in [0.2, 0.25) is 0 Å². The maximum absolute atomic E-state index is 13.2. The van der Waals surface area contributed by atoms with E-state index in [-0.39, 0.29) is 36.9 Å². The summed E-state index contributed by atoms with van der Waals surface area (Å²) in [6.07, 6.45) is -5.59. The highest BCUT2D eigenvalue weighted by Gasteiger charge is 2.33. The molecule has 0 atom stereocenters. The van der Waals surface area contributed by atoms with Crippen molar-refractivity contribution in [3.63, 3.8) is 0 Å². The summed E-state index contributed by atoms with van der Waals surface area (Å²) < 4.78 is 49.7. The first kappa shape index (κ1) is 18.7. The standard InChI is InChI=1S/C18H15F3N2O4/c19-18(20,21)12-8-13(22-17(25)27-15-4-2-1-3-5-15)10-14(9-12)23-6-7-26-11-16(23)24/h1-5,8-10H,6-7,11H2,(H,22,25). The summed E-state index contributed by atoms with van der Waals surface area (Å²) in [6, 6.07) is 11.0. The molecule has 0 saturated carbocycles. The summed E-state index contributed by atoms with van der Waals surface area (Å²) in [4.78, 5) is 25.1. The Labute approximate surface area is 152 Å². The molecule has 142 valence electrons. The van der Waals surface area contributed by atoms with Gasteiger partial charge in [-0.1, -0.05) is 18.2 Å². The topological polar surface area (TPSA) is 67.9 Å². The summed E-state index contributed by atoms with van der Waals surface area (Å²) in [6.45, 7) is 0.115. The Hall–Kier alpha value is -3.07. The van der Waals surface area contributed by atoms with E-state index in [4.69, 9.17) is 9.47 Å². The highest BCUT2D eigenvalue weighted by atomic mass is 19.4. The predicted molar refractivity (Wildman–Crippen MR) is 90.7 cm³/mol. The number of rotatable bonds is 3. The second-order valence-corrected chi connectivity index (χ2v) is 5.69. The predicted octanol–water partition coefficient (Wildman–Crippen LogP) is 3.68. The number of halogens is 3. The summed E-state index contributed by atoms with van der Waals surface area (Å²) in [5, 5.41) is 2.27. The fourth-order valence-electron chi connectivity index (χ4n) is 2.53. The second-order valence-electron chi connectivity index (χ2n) is 5.69. The summed E-state index contributed by atoms with van der Waals surface area (Å²) in [5.41, 5.74) is -1.11. The molecule has 0 aromatic heterocycles. The third-order valence-corrected chi connectivity index (χ3v) is 3.74. The molecule has 0 aliphatic carbocycles. The van der Waals surface area contributed by atoms with Crippen LogP contribution in [0.25, 0.3) is 0 Å². The van der Waals surface area contributed by atoms with E-state index < -0.39 is 23.7 Å². The van der Waals surface area contributed by atoms with Crippen LogP contribution in [0.4, 0.5) is 29.3 Å². The number of hydrogen-bond acceptors (Lipinski definition) is 4. The zero-order valence-electron chi connectivity index (χ0n) is 14.0. The van der Waals surface area contributed by atoms with Gasteiger partial charge in [-0.3, -0.25) is 10.1 Å². The molecular weight excluding hydrogens is 365 g/mol. The summed E-state index contributed by atoms with van der Waals surface area (Å²) >= 11 is 0. The number of nitrogens with zero attached hydrogens (tertiary/aromatic N) is 1. The first-order chi connectivity index (χ1) is 12.8. The van der Waals surface area contributed by atoms with Gasteiger partial charge in [-0.25, -0.2) is 4.79 Å². The zero-order chi connectivity index (χ0) is 19.4. The smallest absolute Gasteiger partial charge is 0.410 e. The lowest BCUT2D eigenvalue weighted by atomic mass is 10.1. The van der Waals surface area contributed by atoms with Crippen LogP contribution in [0.15, 0.2) is 48.5 Å². The number of amides is 2. The van der Waals surface area contributed by atoms with Gasteiger partial charge in [0.05, 0.1) is 12.2 Å². The van der Waals surface area contributed by atoms with E-state index in [2.05, 4.69) is 5.32 Å². The van der Waals surface area contributed by atoms with Crippen molar-refractivity contribution in [3.8, 4) is 5.75 Å².